The molecule has 1 N–H and O–H groups in total. The lowest BCUT2D eigenvalue weighted by molar-refractivity contribution is 0.0636. The molecule has 8 rings (SSSR count). The van der Waals surface area contributed by atoms with Crippen LogP contribution in [-0.4, -0.2) is 95.2 Å². The van der Waals surface area contributed by atoms with Gasteiger partial charge in [-0.3, -0.25) is 15.2 Å². The molecule has 2 atom stereocenters. The minimum atomic E-state index is -0.972. The van der Waals surface area contributed by atoms with E-state index >= 15 is 8.78 Å². The number of rotatable bonds is 8. The minimum absolute atomic E-state index is 0.0327. The van der Waals surface area contributed by atoms with Gasteiger partial charge in [0.1, 0.15) is 47.0 Å². The molecule has 0 radical (unpaired) electrons. The third-order valence-corrected chi connectivity index (χ3v) is 11.2. The Morgan fingerprint density at radius 3 is 2.72 bits per heavy atom. The number of nitrogens with one attached hydrogen (secondary N) is 1. The fourth-order valence-corrected chi connectivity index (χ4v) is 8.54. The lowest BCUT2D eigenvalue weighted by atomic mass is 9.95. The first kappa shape index (κ1) is 40.8. The van der Waals surface area contributed by atoms with Gasteiger partial charge < -0.3 is 23.8 Å². The van der Waals surface area contributed by atoms with Crippen LogP contribution in [-0.2, 0) is 9.47 Å². The number of nitrogens with zero attached hydrogens (tertiary/aromatic N) is 5. The number of alkyl halides is 1. The number of pyridine rings is 1. The highest BCUT2D eigenvalue weighted by molar-refractivity contribution is 6.05. The number of aromatic nitrogens is 3. The Kier molecular flexibility index (Phi) is 11.0. The number of amides is 1. The van der Waals surface area contributed by atoms with E-state index in [1.165, 1.54) is 36.5 Å². The Hall–Kier alpha value is -5.98. The summed E-state index contributed by atoms with van der Waals surface area (Å²) in [5.41, 5.74) is -1.08. The Morgan fingerprint density at radius 1 is 1.08 bits per heavy atom. The molecule has 3 aliphatic rings. The largest absolute Gasteiger partial charge is 0.461 e. The van der Waals surface area contributed by atoms with E-state index in [2.05, 4.69) is 26.1 Å². The van der Waals surface area contributed by atoms with Crippen molar-refractivity contribution in [2.24, 2.45) is 0 Å². The molecule has 312 valence electrons. The van der Waals surface area contributed by atoms with Gasteiger partial charge >= 0.3 is 18.1 Å². The van der Waals surface area contributed by atoms with Crippen molar-refractivity contribution in [3.63, 3.8) is 0 Å². The number of anilines is 2. The molecule has 1 unspecified atom stereocenters. The van der Waals surface area contributed by atoms with Crippen molar-refractivity contribution in [1.82, 2.24) is 19.9 Å². The van der Waals surface area contributed by atoms with Crippen LogP contribution in [0.3, 0.4) is 0 Å². The van der Waals surface area contributed by atoms with Gasteiger partial charge in [-0.1, -0.05) is 24.1 Å². The van der Waals surface area contributed by atoms with Gasteiger partial charge in [0.25, 0.3) is 0 Å². The van der Waals surface area contributed by atoms with Crippen LogP contribution in [0.25, 0.3) is 32.9 Å². The third kappa shape index (κ3) is 8.01. The van der Waals surface area contributed by atoms with Gasteiger partial charge in [-0.2, -0.15) is 9.97 Å². The average molecular weight is 823 g/mol. The molecule has 0 aliphatic carbocycles. The molecule has 1 amide bonds. The van der Waals surface area contributed by atoms with Crippen LogP contribution < -0.4 is 19.7 Å². The highest BCUT2D eigenvalue weighted by atomic mass is 19.1. The number of hydrogen-bond donors (Lipinski definition) is 1. The number of halogens is 3. The Morgan fingerprint density at radius 2 is 1.92 bits per heavy atom. The second kappa shape index (κ2) is 16.2. The SMILES string of the molecule is C#Cc1c(F)ccc2cc(OC(=O)c3c(C)cccc3NC(=O)OC(C)(C)C)cc(-c3ncc4c(N5CCCOCC5)nc(OCC56CCCN5C[C@H](F)C6)nc4c3F)c12. The number of fused-ring (bicyclic) bond motifs is 3. The summed E-state index contributed by atoms with van der Waals surface area (Å²) in [5.74, 6) is 0.315. The Labute approximate surface area is 345 Å². The first-order chi connectivity index (χ1) is 28.7. The van der Waals surface area contributed by atoms with Crippen molar-refractivity contribution in [2.75, 3.05) is 56.2 Å². The molecule has 12 nitrogen and oxygen atoms in total. The van der Waals surface area contributed by atoms with Gasteiger partial charge in [0.15, 0.2) is 5.82 Å². The van der Waals surface area contributed by atoms with Crippen molar-refractivity contribution in [2.45, 2.75) is 70.7 Å². The number of aryl methyl sites for hydroxylation is 1. The molecular formula is C45H45F3N6O6. The van der Waals surface area contributed by atoms with Crippen LogP contribution in [0.5, 0.6) is 11.8 Å². The molecule has 3 aromatic carbocycles. The molecule has 3 aliphatic heterocycles. The van der Waals surface area contributed by atoms with E-state index < -0.39 is 41.0 Å². The number of carbonyl (C=O) groups is 2. The van der Waals surface area contributed by atoms with E-state index in [0.717, 1.165) is 19.4 Å². The summed E-state index contributed by atoms with van der Waals surface area (Å²) in [4.78, 5) is 44.7. The Bertz CT molecular complexity index is 2550. The summed E-state index contributed by atoms with van der Waals surface area (Å²) in [6.07, 6.45) is 8.25. The molecule has 60 heavy (non-hydrogen) atoms. The number of benzene rings is 3. The zero-order valence-electron chi connectivity index (χ0n) is 33.9. The highest BCUT2D eigenvalue weighted by Gasteiger charge is 2.49. The van der Waals surface area contributed by atoms with Crippen molar-refractivity contribution in [3.8, 4) is 35.4 Å². The zero-order chi connectivity index (χ0) is 42.3. The van der Waals surface area contributed by atoms with Crippen LogP contribution in [0.2, 0.25) is 0 Å². The normalized spacial score (nSPS) is 19.5. The van der Waals surface area contributed by atoms with E-state index in [-0.39, 0.29) is 57.3 Å². The molecule has 3 fully saturated rings. The molecule has 0 bridgehead atoms. The summed E-state index contributed by atoms with van der Waals surface area (Å²) in [7, 11) is 0. The summed E-state index contributed by atoms with van der Waals surface area (Å²) in [6, 6.07) is 10.3. The van der Waals surface area contributed by atoms with Crippen LogP contribution in [0.15, 0.2) is 48.7 Å². The molecule has 3 saturated heterocycles. The fourth-order valence-electron chi connectivity index (χ4n) is 8.54. The maximum absolute atomic E-state index is 17.4. The van der Waals surface area contributed by atoms with Gasteiger partial charge in [-0.05, 0) is 88.7 Å². The van der Waals surface area contributed by atoms with E-state index in [9.17, 15) is 14.0 Å². The van der Waals surface area contributed by atoms with Crippen LogP contribution in [0, 0.1) is 30.9 Å². The van der Waals surface area contributed by atoms with E-state index in [0.29, 0.717) is 67.8 Å². The lowest BCUT2D eigenvalue weighted by Gasteiger charge is -2.31. The smallest absolute Gasteiger partial charge is 0.412 e. The number of hydrogen-bond acceptors (Lipinski definition) is 11. The van der Waals surface area contributed by atoms with Gasteiger partial charge in [-0.25, -0.2) is 22.8 Å². The van der Waals surface area contributed by atoms with Gasteiger partial charge in [0.2, 0.25) is 0 Å². The number of esters is 1. The van der Waals surface area contributed by atoms with Crippen LogP contribution >= 0.6 is 0 Å². The lowest BCUT2D eigenvalue weighted by Crippen LogP contribution is -2.43. The van der Waals surface area contributed by atoms with E-state index in [1.54, 1.807) is 39.8 Å². The summed E-state index contributed by atoms with van der Waals surface area (Å²) < 4.78 is 70.8. The minimum Gasteiger partial charge on any atom is -0.461 e. The van der Waals surface area contributed by atoms with Crippen molar-refractivity contribution in [3.05, 3.63) is 77.0 Å². The first-order valence-electron chi connectivity index (χ1n) is 20.0. The predicted octanol–water partition coefficient (Wildman–Crippen LogP) is 8.16. The molecular weight excluding hydrogens is 778 g/mol. The summed E-state index contributed by atoms with van der Waals surface area (Å²) in [6.45, 7) is 10.1. The number of carbonyl (C=O) groups excluding carboxylic acids is 2. The molecule has 2 aromatic heterocycles. The maximum Gasteiger partial charge on any atom is 0.412 e. The Balaban J connectivity index is 1.23. The maximum atomic E-state index is 17.4. The molecule has 0 saturated carbocycles. The van der Waals surface area contributed by atoms with Crippen molar-refractivity contribution >= 4 is 45.2 Å². The third-order valence-electron chi connectivity index (χ3n) is 11.2. The van der Waals surface area contributed by atoms with Crippen LogP contribution in [0.4, 0.5) is 29.5 Å². The molecule has 0 spiro atoms. The summed E-state index contributed by atoms with van der Waals surface area (Å²) >= 11 is 0. The first-order valence-corrected chi connectivity index (χ1v) is 20.0. The average Bonchev–Trinajstić information content (AvgIpc) is 3.57. The molecule has 15 heteroatoms. The van der Waals surface area contributed by atoms with Crippen molar-refractivity contribution in [1.29, 1.82) is 0 Å². The fraction of sp³-hybridized carbons (Fsp3) is 0.400. The molecule has 5 aromatic rings. The summed E-state index contributed by atoms with van der Waals surface area (Å²) in [5, 5.41) is 3.42. The zero-order valence-corrected chi connectivity index (χ0v) is 33.9. The van der Waals surface area contributed by atoms with Gasteiger partial charge in [0.05, 0.1) is 34.3 Å². The number of terminal acetylenes is 1. The monoisotopic (exact) mass is 822 g/mol. The van der Waals surface area contributed by atoms with Crippen LogP contribution in [0.1, 0.15) is 67.9 Å². The van der Waals surface area contributed by atoms with Gasteiger partial charge in [0, 0.05) is 49.8 Å². The van der Waals surface area contributed by atoms with E-state index in [1.807, 2.05) is 4.90 Å². The second-order valence-corrected chi connectivity index (χ2v) is 16.5. The van der Waals surface area contributed by atoms with Gasteiger partial charge in [-0.15, -0.1) is 6.42 Å². The predicted molar refractivity (Wildman–Crippen MR) is 220 cm³/mol. The van der Waals surface area contributed by atoms with E-state index in [4.69, 9.17) is 30.4 Å². The number of ether oxygens (including phenoxy) is 4. The quantitative estimate of drug-likeness (QED) is 0.0925. The highest BCUT2D eigenvalue weighted by Crippen LogP contribution is 2.42. The molecule has 5 heterocycles. The topological polar surface area (TPSA) is 128 Å². The standard InChI is InChI=1S/C45H45F3N6O6/c1-6-30-33(47)13-12-27-20-29(59-41(55)35-26(2)10-7-11-34(35)50-43(56)60-44(3,4)5)21-31(36(27)30)38-37(48)39-32(23-49-38)40(53-15-9-18-57-19-17-53)52-42(51-39)58-25-45-14-8-16-54(45)24-28(46)22-45/h1,7,10-13,20-21,23,28H,8-9,14-19,22,24-25H2,2-5H3,(H,50,56)/t28-,45?/m1/s1. The van der Waals surface area contributed by atoms with Crippen molar-refractivity contribution < 1.29 is 41.7 Å². The second-order valence-electron chi connectivity index (χ2n) is 16.5.